The van der Waals surface area contributed by atoms with Gasteiger partial charge in [-0.3, -0.25) is 9.69 Å². The van der Waals surface area contributed by atoms with Crippen LogP contribution in [0.2, 0.25) is 0 Å². The number of aromatic hydroxyl groups is 1. The number of methoxy groups -OCH3 is 1. The summed E-state index contributed by atoms with van der Waals surface area (Å²) in [6.45, 7) is 0. The summed E-state index contributed by atoms with van der Waals surface area (Å²) in [6, 6.07) is 24.5. The van der Waals surface area contributed by atoms with Gasteiger partial charge >= 0.3 is 0 Å². The van der Waals surface area contributed by atoms with Gasteiger partial charge in [0.25, 0.3) is 0 Å². The molecule has 1 atom stereocenters. The lowest BCUT2D eigenvalue weighted by atomic mass is 10.1. The number of hydrogen-bond acceptors (Lipinski definition) is 5. The number of rotatable bonds is 7. The molecule has 3 aromatic rings. The van der Waals surface area contributed by atoms with E-state index >= 15 is 0 Å². The molecule has 1 unspecified atom stereocenters. The van der Waals surface area contributed by atoms with Crippen LogP contribution in [0.15, 0.2) is 96.6 Å². The lowest BCUT2D eigenvalue weighted by Gasteiger charge is -2.31. The fourth-order valence-electron chi connectivity index (χ4n) is 3.71. The molecule has 0 radical (unpaired) electrons. The molecule has 1 aliphatic rings. The van der Waals surface area contributed by atoms with E-state index in [0.29, 0.717) is 18.7 Å². The molecule has 6 nitrogen and oxygen atoms in total. The van der Waals surface area contributed by atoms with Crippen molar-refractivity contribution in [3.8, 4) is 11.5 Å². The van der Waals surface area contributed by atoms with E-state index in [1.54, 1.807) is 37.6 Å². The smallest absolute Gasteiger partial charge is 0.245 e. The molecule has 3 aromatic carbocycles. The van der Waals surface area contributed by atoms with Crippen molar-refractivity contribution in [2.45, 2.75) is 16.8 Å². The van der Waals surface area contributed by atoms with Gasteiger partial charge in [-0.25, -0.2) is 0 Å². The van der Waals surface area contributed by atoms with E-state index in [4.69, 9.17) is 10.5 Å². The van der Waals surface area contributed by atoms with Crippen molar-refractivity contribution in [2.75, 3.05) is 7.11 Å². The minimum atomic E-state index is -0.321. The summed E-state index contributed by atoms with van der Waals surface area (Å²) >= 11 is 2.17. The molecule has 0 saturated heterocycles. The van der Waals surface area contributed by atoms with Crippen LogP contribution in [0, 0.1) is 0 Å². The van der Waals surface area contributed by atoms with Crippen LogP contribution in [-0.4, -0.2) is 26.9 Å². The molecule has 0 aliphatic carbocycles. The largest absolute Gasteiger partial charge is 0.508 e. The average molecular weight is 567 g/mol. The van der Waals surface area contributed by atoms with Crippen molar-refractivity contribution >= 4 is 34.2 Å². The summed E-state index contributed by atoms with van der Waals surface area (Å²) in [7, 11) is 1.63. The van der Waals surface area contributed by atoms with Crippen molar-refractivity contribution in [1.29, 1.82) is 0 Å². The highest BCUT2D eigenvalue weighted by Gasteiger charge is 2.28. The first-order valence-corrected chi connectivity index (χ1v) is 12.1. The molecule has 34 heavy (non-hydrogen) atoms. The van der Waals surface area contributed by atoms with Crippen LogP contribution in [0.1, 0.15) is 16.7 Å². The zero-order valence-corrected chi connectivity index (χ0v) is 20.9. The highest BCUT2D eigenvalue weighted by Crippen LogP contribution is 2.27. The number of amides is 1. The van der Waals surface area contributed by atoms with Gasteiger partial charge in [-0.1, -0.05) is 65.1 Å². The number of phenols is 1. The monoisotopic (exact) mass is 567 g/mol. The summed E-state index contributed by atoms with van der Waals surface area (Å²) in [5.74, 6) is 1.24. The first kappa shape index (κ1) is 23.7. The zero-order chi connectivity index (χ0) is 24.1. The number of allylic oxidation sites excluding steroid dienone is 1. The number of ether oxygens (including phenoxy) is 1. The summed E-state index contributed by atoms with van der Waals surface area (Å²) in [4.78, 5) is 15.1. The Bertz CT molecular complexity index is 1210. The number of nitrogens with zero attached hydrogens (tertiary/aromatic N) is 1. The van der Waals surface area contributed by atoms with Crippen molar-refractivity contribution in [2.24, 2.45) is 5.73 Å². The van der Waals surface area contributed by atoms with E-state index in [9.17, 15) is 9.90 Å². The molecule has 4 rings (SSSR count). The summed E-state index contributed by atoms with van der Waals surface area (Å²) in [5.41, 5.74) is 11.0. The number of alkyl halides is 1. The second-order valence-electron chi connectivity index (χ2n) is 7.97. The van der Waals surface area contributed by atoms with Gasteiger partial charge in [-0.2, -0.15) is 0 Å². The summed E-state index contributed by atoms with van der Waals surface area (Å²) in [5, 5.41) is 13.1. The van der Waals surface area contributed by atoms with E-state index in [-0.39, 0.29) is 15.6 Å². The Morgan fingerprint density at radius 1 is 1.03 bits per heavy atom. The molecule has 0 saturated carbocycles. The Morgan fingerprint density at radius 3 is 2.35 bits per heavy atom. The Kier molecular flexibility index (Phi) is 7.42. The van der Waals surface area contributed by atoms with E-state index < -0.39 is 0 Å². The lowest BCUT2D eigenvalue weighted by molar-refractivity contribution is -0.126. The average Bonchev–Trinajstić information content (AvgIpc) is 2.86. The maximum Gasteiger partial charge on any atom is 0.245 e. The highest BCUT2D eigenvalue weighted by atomic mass is 127. The van der Waals surface area contributed by atoms with E-state index in [2.05, 4.69) is 27.9 Å². The standard InChI is InChI=1S/C27H26IN3O3/c1-34-22-13-7-19(8-14-22)15-23(28)27(33)31-17-25(20-9-11-21(32)12-10-20)30-24(26(31)29)16-18-5-3-2-4-6-18/h2-14,17,23,30,32H,15-16,29H2,1H3. The van der Waals surface area contributed by atoms with Gasteiger partial charge in [0.05, 0.1) is 22.4 Å². The molecule has 0 fully saturated rings. The topological polar surface area (TPSA) is 87.8 Å². The number of hydrogen-bond donors (Lipinski definition) is 3. The maximum absolute atomic E-state index is 13.5. The number of phenolic OH excluding ortho intramolecular Hbond substituents is 1. The van der Waals surface area contributed by atoms with Crippen LogP contribution in [0.5, 0.6) is 11.5 Å². The third-order valence-corrected chi connectivity index (χ3v) is 6.57. The molecule has 0 spiro atoms. The molecule has 174 valence electrons. The normalized spacial score (nSPS) is 14.3. The van der Waals surface area contributed by atoms with Gasteiger partial charge in [0, 0.05) is 12.6 Å². The Morgan fingerprint density at radius 2 is 1.71 bits per heavy atom. The quantitative estimate of drug-likeness (QED) is 0.288. The number of carbonyl (C=O) groups is 1. The number of carbonyl (C=O) groups excluding carboxylic acids is 1. The van der Waals surface area contributed by atoms with Gasteiger partial charge in [-0.15, -0.1) is 0 Å². The first-order chi connectivity index (χ1) is 16.4. The fourth-order valence-corrected chi connectivity index (χ4v) is 4.52. The van der Waals surface area contributed by atoms with Crippen LogP contribution >= 0.6 is 22.6 Å². The van der Waals surface area contributed by atoms with Crippen LogP contribution in [0.3, 0.4) is 0 Å². The predicted molar refractivity (Wildman–Crippen MR) is 142 cm³/mol. The third-order valence-electron chi connectivity index (χ3n) is 5.59. The number of halogens is 1. The van der Waals surface area contributed by atoms with Gasteiger partial charge in [0.15, 0.2) is 0 Å². The maximum atomic E-state index is 13.5. The van der Waals surface area contributed by atoms with Crippen LogP contribution in [0.25, 0.3) is 5.70 Å². The van der Waals surface area contributed by atoms with E-state index in [1.807, 2.05) is 54.6 Å². The molecular formula is C27H26IN3O3. The van der Waals surface area contributed by atoms with Gasteiger partial charge in [0.1, 0.15) is 17.3 Å². The van der Waals surface area contributed by atoms with Gasteiger partial charge in [-0.05, 0) is 59.5 Å². The van der Waals surface area contributed by atoms with Crippen molar-refractivity contribution in [3.05, 3.63) is 113 Å². The van der Waals surface area contributed by atoms with Crippen LogP contribution in [0.4, 0.5) is 0 Å². The van der Waals surface area contributed by atoms with Gasteiger partial charge in [0.2, 0.25) is 5.91 Å². The fraction of sp³-hybridized carbons (Fsp3) is 0.148. The minimum Gasteiger partial charge on any atom is -0.508 e. The Balaban J connectivity index is 1.62. The second-order valence-corrected chi connectivity index (χ2v) is 9.47. The van der Waals surface area contributed by atoms with E-state index in [0.717, 1.165) is 33.8 Å². The van der Waals surface area contributed by atoms with E-state index in [1.165, 1.54) is 4.90 Å². The second kappa shape index (κ2) is 10.6. The minimum absolute atomic E-state index is 0.0998. The zero-order valence-electron chi connectivity index (χ0n) is 18.7. The molecule has 1 aliphatic heterocycles. The summed E-state index contributed by atoms with van der Waals surface area (Å²) < 4.78 is 4.90. The Labute approximate surface area is 212 Å². The lowest BCUT2D eigenvalue weighted by Crippen LogP contribution is -2.41. The molecular weight excluding hydrogens is 541 g/mol. The first-order valence-electron chi connectivity index (χ1n) is 10.9. The molecule has 1 heterocycles. The van der Waals surface area contributed by atoms with Crippen LogP contribution < -0.4 is 15.8 Å². The van der Waals surface area contributed by atoms with Crippen molar-refractivity contribution in [1.82, 2.24) is 10.2 Å². The molecule has 4 N–H and O–H groups in total. The van der Waals surface area contributed by atoms with Crippen LogP contribution in [-0.2, 0) is 17.6 Å². The van der Waals surface area contributed by atoms with Crippen molar-refractivity contribution in [3.63, 3.8) is 0 Å². The molecule has 0 aromatic heterocycles. The van der Waals surface area contributed by atoms with Crippen molar-refractivity contribution < 1.29 is 14.6 Å². The number of nitrogens with one attached hydrogen (secondary N) is 1. The third kappa shape index (κ3) is 5.53. The summed E-state index contributed by atoms with van der Waals surface area (Å²) in [6.07, 6.45) is 2.85. The predicted octanol–water partition coefficient (Wildman–Crippen LogP) is 4.55. The van der Waals surface area contributed by atoms with Gasteiger partial charge < -0.3 is 20.9 Å². The highest BCUT2D eigenvalue weighted by molar-refractivity contribution is 14.1. The number of nitrogens with two attached hydrogens (primary N) is 1. The molecule has 7 heteroatoms. The SMILES string of the molecule is COc1ccc(CC(I)C(=O)N2C=C(c3ccc(O)cc3)NC(Cc3ccccc3)=C2N)cc1. The Hall–Kier alpha value is -3.46. The number of benzene rings is 3. The molecule has 1 amide bonds. The molecule has 0 bridgehead atoms.